The van der Waals surface area contributed by atoms with Gasteiger partial charge in [-0.05, 0) is 62.9 Å². The van der Waals surface area contributed by atoms with Crippen molar-refractivity contribution in [1.82, 2.24) is 14.1 Å². The van der Waals surface area contributed by atoms with E-state index in [-0.39, 0.29) is 23.7 Å². The van der Waals surface area contributed by atoms with Crippen LogP contribution in [0.1, 0.15) is 38.6 Å². The number of aryl methyl sites for hydroxylation is 3. The van der Waals surface area contributed by atoms with Gasteiger partial charge in [-0.15, -0.1) is 11.3 Å². The Kier molecular flexibility index (Phi) is 4.43. The summed E-state index contributed by atoms with van der Waals surface area (Å²) in [6.45, 7) is 3.64. The molecule has 30 heavy (non-hydrogen) atoms. The molecule has 5 nitrogen and oxygen atoms in total. The van der Waals surface area contributed by atoms with Crippen LogP contribution in [0, 0.1) is 19.7 Å². The summed E-state index contributed by atoms with van der Waals surface area (Å²) < 4.78 is 16.9. The summed E-state index contributed by atoms with van der Waals surface area (Å²) >= 11 is 1.59. The summed E-state index contributed by atoms with van der Waals surface area (Å²) in [4.78, 5) is 32.6. The average molecular weight is 421 g/mol. The standard InChI is InChI=1S/C23H20FN3O2S/c1-13-9-18(14(2)27(13)16-6-3-5-15(24)10-16)19(28)11-26-12-25-22-21(23(26)29)17-7-4-8-20(17)30-22/h3,5-6,9-10,12H,4,7-8,11H2,1-2H3. The fraction of sp³-hybridized carbons (Fsp3) is 0.261. The number of ketones is 1. The molecule has 0 atom stereocenters. The van der Waals surface area contributed by atoms with Crippen molar-refractivity contribution >= 4 is 27.3 Å². The smallest absolute Gasteiger partial charge is 0.262 e. The second-order valence-corrected chi connectivity index (χ2v) is 8.82. The third-order valence-corrected chi connectivity index (χ3v) is 7.00. The summed E-state index contributed by atoms with van der Waals surface area (Å²) in [7, 11) is 0. The molecule has 3 heterocycles. The van der Waals surface area contributed by atoms with Crippen LogP contribution in [0.3, 0.4) is 0 Å². The number of nitrogens with zero attached hydrogens (tertiary/aromatic N) is 3. The number of hydrogen-bond donors (Lipinski definition) is 0. The maximum absolute atomic E-state index is 13.7. The van der Waals surface area contributed by atoms with Gasteiger partial charge in [-0.2, -0.15) is 0 Å². The second-order valence-electron chi connectivity index (χ2n) is 7.74. The van der Waals surface area contributed by atoms with E-state index in [2.05, 4.69) is 4.98 Å². The van der Waals surface area contributed by atoms with Gasteiger partial charge in [0.05, 0.1) is 18.3 Å². The zero-order valence-electron chi connectivity index (χ0n) is 16.7. The minimum Gasteiger partial charge on any atom is -0.318 e. The molecule has 0 saturated carbocycles. The molecular weight excluding hydrogens is 401 g/mol. The third kappa shape index (κ3) is 2.92. The Morgan fingerprint density at radius 1 is 1.23 bits per heavy atom. The molecule has 1 aliphatic rings. The number of benzene rings is 1. The van der Waals surface area contributed by atoms with E-state index >= 15 is 0 Å². The van der Waals surface area contributed by atoms with Gasteiger partial charge in [0, 0.05) is 27.5 Å². The molecule has 7 heteroatoms. The molecule has 1 aromatic carbocycles. The van der Waals surface area contributed by atoms with Crippen LogP contribution < -0.4 is 5.56 Å². The maximum atomic E-state index is 13.7. The monoisotopic (exact) mass is 421 g/mol. The van der Waals surface area contributed by atoms with Crippen molar-refractivity contribution < 1.29 is 9.18 Å². The van der Waals surface area contributed by atoms with Crippen LogP contribution in [-0.4, -0.2) is 19.9 Å². The summed E-state index contributed by atoms with van der Waals surface area (Å²) in [6.07, 6.45) is 4.44. The first kappa shape index (κ1) is 18.9. The predicted octanol–water partition coefficient (Wildman–Crippen LogP) is 4.38. The number of aromatic nitrogens is 3. The van der Waals surface area contributed by atoms with Crippen LogP contribution in [0.2, 0.25) is 0 Å². The van der Waals surface area contributed by atoms with Crippen LogP contribution in [-0.2, 0) is 19.4 Å². The Morgan fingerprint density at radius 3 is 2.87 bits per heavy atom. The van der Waals surface area contributed by atoms with Crippen molar-refractivity contribution in [2.75, 3.05) is 0 Å². The van der Waals surface area contributed by atoms with Gasteiger partial charge in [0.1, 0.15) is 10.6 Å². The molecule has 4 aromatic rings. The maximum Gasteiger partial charge on any atom is 0.262 e. The van der Waals surface area contributed by atoms with E-state index in [9.17, 15) is 14.0 Å². The number of carbonyl (C=O) groups excluding carboxylic acids is 1. The minimum absolute atomic E-state index is 0.0696. The largest absolute Gasteiger partial charge is 0.318 e. The Morgan fingerprint density at radius 2 is 2.07 bits per heavy atom. The first-order valence-corrected chi connectivity index (χ1v) is 10.7. The van der Waals surface area contributed by atoms with Crippen LogP contribution in [0.15, 0.2) is 41.5 Å². The minimum atomic E-state index is -0.331. The number of halogens is 1. The summed E-state index contributed by atoms with van der Waals surface area (Å²) in [5.41, 5.74) is 3.71. The van der Waals surface area contributed by atoms with E-state index in [1.807, 2.05) is 18.4 Å². The van der Waals surface area contributed by atoms with Gasteiger partial charge in [0.15, 0.2) is 5.78 Å². The van der Waals surface area contributed by atoms with E-state index in [1.54, 1.807) is 29.5 Å². The highest BCUT2D eigenvalue weighted by atomic mass is 32.1. The molecule has 0 saturated heterocycles. The van der Waals surface area contributed by atoms with E-state index in [0.29, 0.717) is 16.6 Å². The van der Waals surface area contributed by atoms with Gasteiger partial charge >= 0.3 is 0 Å². The van der Waals surface area contributed by atoms with E-state index < -0.39 is 0 Å². The van der Waals surface area contributed by atoms with Crippen LogP contribution in [0.5, 0.6) is 0 Å². The van der Waals surface area contributed by atoms with Crippen LogP contribution >= 0.6 is 11.3 Å². The highest BCUT2D eigenvalue weighted by Gasteiger charge is 2.23. The fourth-order valence-corrected chi connectivity index (χ4v) is 5.65. The van der Waals surface area contributed by atoms with E-state index in [0.717, 1.165) is 41.0 Å². The molecule has 0 radical (unpaired) electrons. The van der Waals surface area contributed by atoms with Crippen LogP contribution in [0.25, 0.3) is 15.9 Å². The molecule has 0 unspecified atom stereocenters. The lowest BCUT2D eigenvalue weighted by Gasteiger charge is -2.10. The number of carbonyl (C=O) groups is 1. The van der Waals surface area contributed by atoms with Crippen LogP contribution in [0.4, 0.5) is 4.39 Å². The lowest BCUT2D eigenvalue weighted by Crippen LogP contribution is -2.25. The van der Waals surface area contributed by atoms with Gasteiger partial charge in [0.2, 0.25) is 0 Å². The fourth-order valence-electron chi connectivity index (χ4n) is 4.43. The topological polar surface area (TPSA) is 56.9 Å². The molecule has 3 aromatic heterocycles. The van der Waals surface area contributed by atoms with E-state index in [1.165, 1.54) is 27.9 Å². The molecule has 0 fully saturated rings. The Hall–Kier alpha value is -3.06. The molecule has 152 valence electrons. The van der Waals surface area contributed by atoms with Gasteiger partial charge in [0.25, 0.3) is 5.56 Å². The molecule has 5 rings (SSSR count). The molecule has 0 amide bonds. The Labute approximate surface area is 176 Å². The summed E-state index contributed by atoms with van der Waals surface area (Å²) in [6, 6.07) is 8.07. The number of Topliss-reactive ketones (excluding diaryl/α,β-unsaturated/α-hetero) is 1. The molecule has 1 aliphatic carbocycles. The first-order valence-electron chi connectivity index (χ1n) is 9.92. The Bertz CT molecular complexity index is 1380. The number of thiophene rings is 1. The van der Waals surface area contributed by atoms with E-state index in [4.69, 9.17) is 0 Å². The number of hydrogen-bond acceptors (Lipinski definition) is 4. The number of rotatable bonds is 4. The van der Waals surface area contributed by atoms with Crippen molar-refractivity contribution in [3.63, 3.8) is 0 Å². The van der Waals surface area contributed by atoms with Crippen molar-refractivity contribution in [2.24, 2.45) is 0 Å². The lowest BCUT2D eigenvalue weighted by molar-refractivity contribution is 0.0970. The molecular formula is C23H20FN3O2S. The third-order valence-electron chi connectivity index (χ3n) is 5.80. The lowest BCUT2D eigenvalue weighted by atomic mass is 10.1. The van der Waals surface area contributed by atoms with Crippen molar-refractivity contribution in [3.8, 4) is 5.69 Å². The summed E-state index contributed by atoms with van der Waals surface area (Å²) in [5, 5.41) is 0.674. The van der Waals surface area contributed by atoms with Gasteiger partial charge in [-0.3, -0.25) is 14.2 Å². The molecule has 0 spiro atoms. The highest BCUT2D eigenvalue weighted by molar-refractivity contribution is 7.18. The average Bonchev–Trinajstić information content (AvgIpc) is 3.37. The number of fused-ring (bicyclic) bond motifs is 3. The first-order chi connectivity index (χ1) is 14.4. The molecule has 0 bridgehead atoms. The van der Waals surface area contributed by atoms with Crippen molar-refractivity contribution in [3.05, 3.63) is 80.2 Å². The SMILES string of the molecule is Cc1cc(C(=O)Cn2cnc3sc4c(c3c2=O)CCC4)c(C)n1-c1cccc(F)c1. The highest BCUT2D eigenvalue weighted by Crippen LogP contribution is 2.34. The van der Waals surface area contributed by atoms with Crippen molar-refractivity contribution in [1.29, 1.82) is 0 Å². The quantitative estimate of drug-likeness (QED) is 0.460. The van der Waals surface area contributed by atoms with Crippen molar-refractivity contribution in [2.45, 2.75) is 39.7 Å². The zero-order valence-corrected chi connectivity index (χ0v) is 17.6. The normalized spacial score (nSPS) is 13.2. The second kappa shape index (κ2) is 7.02. The van der Waals surface area contributed by atoms with Gasteiger partial charge < -0.3 is 4.57 Å². The molecule has 0 N–H and O–H groups in total. The Balaban J connectivity index is 1.52. The predicted molar refractivity (Wildman–Crippen MR) is 115 cm³/mol. The zero-order chi connectivity index (χ0) is 21.0. The van der Waals surface area contributed by atoms with Gasteiger partial charge in [-0.25, -0.2) is 9.37 Å². The molecule has 0 aliphatic heterocycles. The summed E-state index contributed by atoms with van der Waals surface area (Å²) in [5.74, 6) is -0.497. The van der Waals surface area contributed by atoms with Gasteiger partial charge in [-0.1, -0.05) is 6.07 Å².